The second-order valence-corrected chi connectivity index (χ2v) is 3.67. The van der Waals surface area contributed by atoms with Gasteiger partial charge in [0.05, 0.1) is 0 Å². The molecule has 0 amide bonds. The van der Waals surface area contributed by atoms with Gasteiger partial charge in [0.2, 0.25) is 0 Å². The van der Waals surface area contributed by atoms with Gasteiger partial charge >= 0.3 is 0 Å². The minimum atomic E-state index is 0. The van der Waals surface area contributed by atoms with E-state index in [2.05, 4.69) is 41.1 Å². The summed E-state index contributed by atoms with van der Waals surface area (Å²) in [7, 11) is 0. The average molecular weight is 251 g/mol. The molecule has 0 aliphatic carbocycles. The Morgan fingerprint density at radius 3 is 2.42 bits per heavy atom. The van der Waals surface area contributed by atoms with Crippen LogP contribution in [0.5, 0.6) is 0 Å². The van der Waals surface area contributed by atoms with Crippen molar-refractivity contribution in [3.8, 4) is 0 Å². The summed E-state index contributed by atoms with van der Waals surface area (Å²) in [6, 6.07) is 6.32. The first-order valence-corrected chi connectivity index (χ1v) is 4.42. The Kier molecular flexibility index (Phi) is 4.83. The van der Waals surface area contributed by atoms with Crippen molar-refractivity contribution in [2.24, 2.45) is 5.73 Å². The quantitative estimate of drug-likeness (QED) is 0.814. The minimum Gasteiger partial charge on any atom is -0.324 e. The van der Waals surface area contributed by atoms with Crippen molar-refractivity contribution in [3.05, 3.63) is 33.8 Å². The van der Waals surface area contributed by atoms with E-state index in [0.717, 1.165) is 10.0 Å². The van der Waals surface area contributed by atoms with E-state index in [1.54, 1.807) is 0 Å². The zero-order valence-corrected chi connectivity index (χ0v) is 9.58. The lowest BCUT2D eigenvalue weighted by Crippen LogP contribution is -2.05. The van der Waals surface area contributed by atoms with E-state index in [0.29, 0.717) is 0 Å². The normalized spacial score (nSPS) is 12.0. The highest BCUT2D eigenvalue weighted by Gasteiger charge is 2.03. The van der Waals surface area contributed by atoms with Gasteiger partial charge in [0, 0.05) is 10.5 Å². The Morgan fingerprint density at radius 2 is 2.00 bits per heavy atom. The number of hydrogen-bond acceptors (Lipinski definition) is 1. The van der Waals surface area contributed by atoms with Crippen LogP contribution in [0, 0.1) is 6.92 Å². The number of nitrogens with two attached hydrogens (primary N) is 1. The van der Waals surface area contributed by atoms with Crippen LogP contribution >= 0.6 is 28.3 Å². The fourth-order valence-electron chi connectivity index (χ4n) is 1.00. The Bertz CT molecular complexity index is 261. The molecule has 3 heteroatoms. The summed E-state index contributed by atoms with van der Waals surface area (Å²) < 4.78 is 1.10. The van der Waals surface area contributed by atoms with Gasteiger partial charge in [0.1, 0.15) is 0 Å². The lowest BCUT2D eigenvalue weighted by Gasteiger charge is -2.08. The molecule has 1 aromatic carbocycles. The van der Waals surface area contributed by atoms with E-state index in [9.17, 15) is 0 Å². The van der Waals surface area contributed by atoms with Gasteiger partial charge in [-0.25, -0.2) is 0 Å². The van der Waals surface area contributed by atoms with Crippen LogP contribution in [-0.2, 0) is 0 Å². The summed E-state index contributed by atoms with van der Waals surface area (Å²) in [4.78, 5) is 0. The average Bonchev–Trinajstić information content (AvgIpc) is 1.85. The van der Waals surface area contributed by atoms with Crippen LogP contribution in [0.4, 0.5) is 0 Å². The molecule has 1 nitrogen and oxygen atoms in total. The molecule has 0 fully saturated rings. The van der Waals surface area contributed by atoms with E-state index in [1.165, 1.54) is 5.56 Å². The molecule has 68 valence electrons. The number of hydrogen-bond donors (Lipinski definition) is 1. The summed E-state index contributed by atoms with van der Waals surface area (Å²) in [5, 5.41) is 0. The molecule has 0 radical (unpaired) electrons. The van der Waals surface area contributed by atoms with Crippen molar-refractivity contribution >= 4 is 28.3 Å². The number of benzene rings is 1. The van der Waals surface area contributed by atoms with Gasteiger partial charge in [0.15, 0.2) is 0 Å². The second kappa shape index (κ2) is 4.85. The van der Waals surface area contributed by atoms with E-state index >= 15 is 0 Å². The number of aryl methyl sites for hydroxylation is 1. The molecule has 0 heterocycles. The molecule has 0 saturated heterocycles. The molecular formula is C9H13BrClN. The van der Waals surface area contributed by atoms with E-state index in [1.807, 2.05) is 6.92 Å². The molecule has 0 saturated carbocycles. The molecule has 0 bridgehead atoms. The first-order chi connectivity index (χ1) is 5.11. The van der Waals surface area contributed by atoms with Crippen molar-refractivity contribution in [2.45, 2.75) is 19.9 Å². The van der Waals surface area contributed by atoms with Crippen molar-refractivity contribution in [3.63, 3.8) is 0 Å². The van der Waals surface area contributed by atoms with Crippen LogP contribution in [0.1, 0.15) is 24.1 Å². The largest absolute Gasteiger partial charge is 0.324 e. The van der Waals surface area contributed by atoms with Crippen LogP contribution in [0.15, 0.2) is 22.7 Å². The van der Waals surface area contributed by atoms with Gasteiger partial charge in [-0.2, -0.15) is 0 Å². The van der Waals surface area contributed by atoms with Crippen molar-refractivity contribution in [1.29, 1.82) is 0 Å². The van der Waals surface area contributed by atoms with Crippen LogP contribution in [0.3, 0.4) is 0 Å². The van der Waals surface area contributed by atoms with Crippen molar-refractivity contribution in [1.82, 2.24) is 0 Å². The molecule has 1 aromatic rings. The van der Waals surface area contributed by atoms with Crippen LogP contribution < -0.4 is 5.73 Å². The monoisotopic (exact) mass is 249 g/mol. The summed E-state index contributed by atoms with van der Waals surface area (Å²) in [5.41, 5.74) is 8.15. The van der Waals surface area contributed by atoms with Gasteiger partial charge in [-0.3, -0.25) is 0 Å². The second-order valence-electron chi connectivity index (χ2n) is 2.81. The standard InChI is InChI=1S/C9H12BrN.ClH/c1-6-3-4-8(7(2)11)9(10)5-6;/h3-5,7H,11H2,1-2H3;1H/t7-;/m1./s1. The summed E-state index contributed by atoms with van der Waals surface area (Å²) in [6.45, 7) is 4.05. The molecule has 2 N–H and O–H groups in total. The summed E-state index contributed by atoms with van der Waals surface area (Å²) >= 11 is 3.47. The molecule has 0 aliphatic heterocycles. The van der Waals surface area contributed by atoms with Gasteiger partial charge < -0.3 is 5.73 Å². The van der Waals surface area contributed by atoms with Gasteiger partial charge in [0.25, 0.3) is 0 Å². The minimum absolute atomic E-state index is 0. The van der Waals surface area contributed by atoms with Gasteiger partial charge in [-0.1, -0.05) is 28.1 Å². The van der Waals surface area contributed by atoms with Gasteiger partial charge in [-0.15, -0.1) is 12.4 Å². The number of rotatable bonds is 1. The Labute approximate surface area is 87.9 Å². The van der Waals surface area contributed by atoms with Crippen LogP contribution in [0.2, 0.25) is 0 Å². The van der Waals surface area contributed by atoms with E-state index in [4.69, 9.17) is 5.73 Å². The summed E-state index contributed by atoms with van der Waals surface area (Å²) in [6.07, 6.45) is 0. The molecule has 1 rings (SSSR count). The SMILES string of the molecule is Cc1ccc([C@@H](C)N)c(Br)c1.Cl. The predicted molar refractivity (Wildman–Crippen MR) is 58.7 cm³/mol. The smallest absolute Gasteiger partial charge is 0.0277 e. The Hall–Kier alpha value is -0.0500. The highest BCUT2D eigenvalue weighted by Crippen LogP contribution is 2.22. The van der Waals surface area contributed by atoms with E-state index < -0.39 is 0 Å². The maximum atomic E-state index is 5.73. The lowest BCUT2D eigenvalue weighted by molar-refractivity contribution is 0.812. The zero-order chi connectivity index (χ0) is 8.43. The van der Waals surface area contributed by atoms with Crippen LogP contribution in [-0.4, -0.2) is 0 Å². The van der Waals surface area contributed by atoms with Gasteiger partial charge in [-0.05, 0) is 31.0 Å². The predicted octanol–water partition coefficient (Wildman–Crippen LogP) is 3.20. The molecule has 0 spiro atoms. The maximum Gasteiger partial charge on any atom is 0.0277 e. The van der Waals surface area contributed by atoms with Crippen molar-refractivity contribution < 1.29 is 0 Å². The lowest BCUT2D eigenvalue weighted by atomic mass is 10.1. The third kappa shape index (κ3) is 2.77. The zero-order valence-electron chi connectivity index (χ0n) is 7.17. The molecular weight excluding hydrogens is 237 g/mol. The summed E-state index contributed by atoms with van der Waals surface area (Å²) in [5.74, 6) is 0. The maximum absolute atomic E-state index is 5.73. The topological polar surface area (TPSA) is 26.0 Å². The third-order valence-corrected chi connectivity index (χ3v) is 2.33. The Balaban J connectivity index is 0.00000121. The third-order valence-electron chi connectivity index (χ3n) is 1.65. The highest BCUT2D eigenvalue weighted by molar-refractivity contribution is 9.10. The first-order valence-electron chi connectivity index (χ1n) is 3.63. The van der Waals surface area contributed by atoms with E-state index in [-0.39, 0.29) is 18.4 Å². The number of halogens is 2. The first kappa shape index (κ1) is 11.9. The van der Waals surface area contributed by atoms with Crippen molar-refractivity contribution in [2.75, 3.05) is 0 Å². The fourth-order valence-corrected chi connectivity index (χ4v) is 1.86. The Morgan fingerprint density at radius 1 is 1.42 bits per heavy atom. The molecule has 12 heavy (non-hydrogen) atoms. The molecule has 0 unspecified atom stereocenters. The fraction of sp³-hybridized carbons (Fsp3) is 0.333. The molecule has 0 aromatic heterocycles. The molecule has 0 aliphatic rings. The molecule has 1 atom stereocenters. The highest BCUT2D eigenvalue weighted by atomic mass is 79.9. The van der Waals surface area contributed by atoms with Crippen LogP contribution in [0.25, 0.3) is 0 Å².